The molecule has 3 heteroatoms. The maximum absolute atomic E-state index is 11.7. The molecule has 15 heavy (non-hydrogen) atoms. The normalized spacial score (nSPS) is 11.1. The molecule has 0 spiro atoms. The number of para-hydroxylation sites is 2. The Morgan fingerprint density at radius 1 is 1.40 bits per heavy atom. The van der Waals surface area contributed by atoms with Gasteiger partial charge in [-0.2, -0.15) is 0 Å². The van der Waals surface area contributed by atoms with Crippen LogP contribution in [-0.2, 0) is 0 Å². The van der Waals surface area contributed by atoms with E-state index >= 15 is 0 Å². The summed E-state index contributed by atoms with van der Waals surface area (Å²) in [5, 5.41) is 0. The SMILES string of the molecule is CC(C)CC(=O)c1nc2ccccc2[nH]1. The quantitative estimate of drug-likeness (QED) is 0.778. The zero-order chi connectivity index (χ0) is 10.8. The molecule has 2 aromatic rings. The van der Waals surface area contributed by atoms with Crippen LogP contribution in [0.2, 0.25) is 0 Å². The Morgan fingerprint density at radius 2 is 2.13 bits per heavy atom. The van der Waals surface area contributed by atoms with Crippen molar-refractivity contribution < 1.29 is 4.79 Å². The van der Waals surface area contributed by atoms with Gasteiger partial charge in [-0.1, -0.05) is 26.0 Å². The highest BCUT2D eigenvalue weighted by Gasteiger charge is 2.12. The Bertz CT molecular complexity index is 452. The van der Waals surface area contributed by atoms with E-state index in [1.54, 1.807) is 0 Å². The molecule has 0 atom stereocenters. The highest BCUT2D eigenvalue weighted by Crippen LogP contribution is 2.13. The fraction of sp³-hybridized carbons (Fsp3) is 0.333. The molecule has 0 aliphatic rings. The lowest BCUT2D eigenvalue weighted by Gasteiger charge is -1.99. The average Bonchev–Trinajstić information content (AvgIpc) is 2.59. The number of hydrogen-bond donors (Lipinski definition) is 1. The Hall–Kier alpha value is -1.64. The zero-order valence-corrected chi connectivity index (χ0v) is 8.95. The van der Waals surface area contributed by atoms with Crippen molar-refractivity contribution in [3.63, 3.8) is 0 Å². The van der Waals surface area contributed by atoms with Crippen LogP contribution in [0.15, 0.2) is 24.3 Å². The number of carbonyl (C=O) groups is 1. The van der Waals surface area contributed by atoms with Crippen molar-refractivity contribution in [2.24, 2.45) is 5.92 Å². The van der Waals surface area contributed by atoms with E-state index in [9.17, 15) is 4.79 Å². The number of aromatic amines is 1. The summed E-state index contributed by atoms with van der Waals surface area (Å²) in [6.45, 7) is 4.06. The van der Waals surface area contributed by atoms with E-state index in [1.807, 2.05) is 38.1 Å². The van der Waals surface area contributed by atoms with E-state index in [2.05, 4.69) is 9.97 Å². The van der Waals surface area contributed by atoms with Crippen molar-refractivity contribution in [3.8, 4) is 0 Å². The number of rotatable bonds is 3. The summed E-state index contributed by atoms with van der Waals surface area (Å²) in [7, 11) is 0. The topological polar surface area (TPSA) is 45.8 Å². The van der Waals surface area contributed by atoms with Crippen molar-refractivity contribution in [2.75, 3.05) is 0 Å². The first-order valence-electron chi connectivity index (χ1n) is 5.15. The Labute approximate surface area is 88.5 Å². The number of carbonyl (C=O) groups excluding carboxylic acids is 1. The third-order valence-electron chi connectivity index (χ3n) is 2.25. The van der Waals surface area contributed by atoms with Crippen molar-refractivity contribution in [3.05, 3.63) is 30.1 Å². The van der Waals surface area contributed by atoms with Crippen LogP contribution in [0.3, 0.4) is 0 Å². The second-order valence-corrected chi connectivity index (χ2v) is 4.12. The lowest BCUT2D eigenvalue weighted by molar-refractivity contribution is 0.0959. The zero-order valence-electron chi connectivity index (χ0n) is 8.95. The summed E-state index contributed by atoms with van der Waals surface area (Å²) in [6, 6.07) is 7.67. The Morgan fingerprint density at radius 3 is 2.80 bits per heavy atom. The molecule has 1 heterocycles. The highest BCUT2D eigenvalue weighted by molar-refractivity contribution is 5.95. The summed E-state index contributed by atoms with van der Waals surface area (Å²) in [4.78, 5) is 19.0. The van der Waals surface area contributed by atoms with E-state index in [0.717, 1.165) is 11.0 Å². The number of imidazole rings is 1. The number of hydrogen-bond acceptors (Lipinski definition) is 2. The third-order valence-corrected chi connectivity index (χ3v) is 2.25. The summed E-state index contributed by atoms with van der Waals surface area (Å²) >= 11 is 0. The second-order valence-electron chi connectivity index (χ2n) is 4.12. The molecular weight excluding hydrogens is 188 g/mol. The number of nitrogens with zero attached hydrogens (tertiary/aromatic N) is 1. The van der Waals surface area contributed by atoms with E-state index in [4.69, 9.17) is 0 Å². The maximum Gasteiger partial charge on any atom is 0.198 e. The van der Waals surface area contributed by atoms with Gasteiger partial charge in [0.15, 0.2) is 11.6 Å². The van der Waals surface area contributed by atoms with Crippen LogP contribution in [0.25, 0.3) is 11.0 Å². The van der Waals surface area contributed by atoms with Crippen LogP contribution < -0.4 is 0 Å². The molecule has 3 nitrogen and oxygen atoms in total. The Kier molecular flexibility index (Phi) is 2.54. The van der Waals surface area contributed by atoms with E-state index < -0.39 is 0 Å². The number of H-pyrrole nitrogens is 1. The fourth-order valence-electron chi connectivity index (χ4n) is 1.55. The minimum absolute atomic E-state index is 0.0844. The predicted molar refractivity (Wildman–Crippen MR) is 59.9 cm³/mol. The number of Topliss-reactive ketones (excluding diaryl/α,β-unsaturated/α-hetero) is 1. The van der Waals surface area contributed by atoms with Crippen molar-refractivity contribution in [2.45, 2.75) is 20.3 Å². The van der Waals surface area contributed by atoms with Crippen LogP contribution >= 0.6 is 0 Å². The van der Waals surface area contributed by atoms with E-state index in [1.165, 1.54) is 0 Å². The number of fused-ring (bicyclic) bond motifs is 1. The molecule has 0 amide bonds. The largest absolute Gasteiger partial charge is 0.335 e. The first-order chi connectivity index (χ1) is 7.16. The van der Waals surface area contributed by atoms with Crippen molar-refractivity contribution >= 4 is 16.8 Å². The number of nitrogens with one attached hydrogen (secondary N) is 1. The molecule has 0 unspecified atom stereocenters. The summed E-state index contributed by atoms with van der Waals surface area (Å²) in [6.07, 6.45) is 0.541. The lowest BCUT2D eigenvalue weighted by atomic mass is 10.1. The summed E-state index contributed by atoms with van der Waals surface area (Å²) in [5.74, 6) is 0.928. The van der Waals surface area contributed by atoms with Crippen LogP contribution in [-0.4, -0.2) is 15.8 Å². The molecule has 1 N–H and O–H groups in total. The molecule has 1 aromatic heterocycles. The molecule has 0 radical (unpaired) electrons. The first kappa shape index (κ1) is 9.90. The summed E-state index contributed by atoms with van der Waals surface area (Å²) in [5.41, 5.74) is 1.77. The summed E-state index contributed by atoms with van der Waals surface area (Å²) < 4.78 is 0. The van der Waals surface area contributed by atoms with E-state index in [0.29, 0.717) is 18.2 Å². The second kappa shape index (κ2) is 3.85. The maximum atomic E-state index is 11.7. The van der Waals surface area contributed by atoms with Gasteiger partial charge in [-0.05, 0) is 18.1 Å². The fourth-order valence-corrected chi connectivity index (χ4v) is 1.55. The minimum atomic E-state index is 0.0844. The van der Waals surface area contributed by atoms with Gasteiger partial charge in [-0.25, -0.2) is 4.98 Å². The van der Waals surface area contributed by atoms with Gasteiger partial charge >= 0.3 is 0 Å². The molecule has 0 bridgehead atoms. The van der Waals surface area contributed by atoms with Crippen LogP contribution in [0, 0.1) is 5.92 Å². The molecule has 0 aliphatic heterocycles. The van der Waals surface area contributed by atoms with Gasteiger partial charge < -0.3 is 4.98 Å². The molecular formula is C12H14N2O. The molecule has 1 aromatic carbocycles. The van der Waals surface area contributed by atoms with Crippen LogP contribution in [0.1, 0.15) is 30.9 Å². The Balaban J connectivity index is 2.32. The molecule has 0 fully saturated rings. The monoisotopic (exact) mass is 202 g/mol. The molecule has 2 rings (SSSR count). The van der Waals surface area contributed by atoms with Crippen LogP contribution in [0.4, 0.5) is 0 Å². The molecule has 0 saturated heterocycles. The van der Waals surface area contributed by atoms with Gasteiger partial charge in [0.05, 0.1) is 11.0 Å². The van der Waals surface area contributed by atoms with Crippen molar-refractivity contribution in [1.82, 2.24) is 9.97 Å². The smallest absolute Gasteiger partial charge is 0.198 e. The van der Waals surface area contributed by atoms with Crippen LogP contribution in [0.5, 0.6) is 0 Å². The van der Waals surface area contributed by atoms with Gasteiger partial charge in [0.25, 0.3) is 0 Å². The van der Waals surface area contributed by atoms with Gasteiger partial charge in [0.1, 0.15) is 0 Å². The van der Waals surface area contributed by atoms with E-state index in [-0.39, 0.29) is 5.78 Å². The third kappa shape index (κ3) is 2.06. The number of ketones is 1. The van der Waals surface area contributed by atoms with Gasteiger partial charge in [0, 0.05) is 6.42 Å². The standard InChI is InChI=1S/C12H14N2O/c1-8(2)7-11(15)12-13-9-5-3-4-6-10(9)14-12/h3-6,8H,7H2,1-2H3,(H,13,14). The molecule has 0 saturated carbocycles. The predicted octanol–water partition coefficient (Wildman–Crippen LogP) is 2.79. The van der Waals surface area contributed by atoms with Crippen molar-refractivity contribution in [1.29, 1.82) is 0 Å². The molecule has 78 valence electrons. The average molecular weight is 202 g/mol. The molecule has 0 aliphatic carbocycles. The highest BCUT2D eigenvalue weighted by atomic mass is 16.1. The number of aromatic nitrogens is 2. The minimum Gasteiger partial charge on any atom is -0.335 e. The first-order valence-corrected chi connectivity index (χ1v) is 5.15. The lowest BCUT2D eigenvalue weighted by Crippen LogP contribution is -2.05. The van der Waals surface area contributed by atoms with Gasteiger partial charge in [0.2, 0.25) is 0 Å². The number of benzene rings is 1. The van der Waals surface area contributed by atoms with Gasteiger partial charge in [-0.3, -0.25) is 4.79 Å². The van der Waals surface area contributed by atoms with Gasteiger partial charge in [-0.15, -0.1) is 0 Å².